The summed E-state index contributed by atoms with van der Waals surface area (Å²) in [5, 5.41) is 2.68. The maximum Gasteiger partial charge on any atom is 0.325 e. The van der Waals surface area contributed by atoms with Gasteiger partial charge in [-0.05, 0) is 49.6 Å². The number of nitrogens with one attached hydrogen (secondary N) is 1. The van der Waals surface area contributed by atoms with E-state index in [1.54, 1.807) is 50.2 Å². The normalized spacial score (nSPS) is 23.1. The van der Waals surface area contributed by atoms with Crippen molar-refractivity contribution in [2.75, 3.05) is 17.1 Å². The van der Waals surface area contributed by atoms with Crippen molar-refractivity contribution in [3.05, 3.63) is 65.2 Å². The number of hydrogen-bond donors (Lipinski definition) is 1. The molecule has 0 bridgehead atoms. The van der Waals surface area contributed by atoms with Crippen molar-refractivity contribution in [1.82, 2.24) is 10.2 Å². The molecule has 2 atom stereocenters. The number of ketones is 1. The molecule has 2 heterocycles. The summed E-state index contributed by atoms with van der Waals surface area (Å²) in [7, 11) is -3.43. The van der Waals surface area contributed by atoms with Crippen molar-refractivity contribution in [2.45, 2.75) is 31.8 Å². The summed E-state index contributed by atoms with van der Waals surface area (Å²) in [6, 6.07) is 12.8. The summed E-state index contributed by atoms with van der Waals surface area (Å²) < 4.78 is 25.5. The first-order chi connectivity index (χ1) is 14.5. The van der Waals surface area contributed by atoms with E-state index in [9.17, 15) is 22.8 Å². The highest BCUT2D eigenvalue weighted by atomic mass is 32.2. The lowest BCUT2D eigenvalue weighted by Crippen LogP contribution is -2.41. The smallest absolute Gasteiger partial charge is 0.319 e. The predicted molar refractivity (Wildman–Crippen MR) is 115 cm³/mol. The Bertz CT molecular complexity index is 1190. The summed E-state index contributed by atoms with van der Waals surface area (Å²) in [4.78, 5) is 39.3. The zero-order valence-electron chi connectivity index (χ0n) is 17.5. The molecule has 1 saturated heterocycles. The number of fused-ring (bicyclic) bond motifs is 1. The molecule has 0 saturated carbocycles. The molecule has 2 aliphatic rings. The van der Waals surface area contributed by atoms with Crippen LogP contribution in [0.15, 0.2) is 48.5 Å². The summed E-state index contributed by atoms with van der Waals surface area (Å²) in [6.45, 7) is 3.03. The van der Waals surface area contributed by atoms with Gasteiger partial charge in [0.2, 0.25) is 10.0 Å². The van der Waals surface area contributed by atoms with E-state index < -0.39 is 39.8 Å². The maximum absolute atomic E-state index is 13.0. The van der Waals surface area contributed by atoms with Crippen LogP contribution in [0.1, 0.15) is 35.3 Å². The van der Waals surface area contributed by atoms with Gasteiger partial charge in [0.25, 0.3) is 5.91 Å². The monoisotopic (exact) mass is 441 g/mol. The van der Waals surface area contributed by atoms with Crippen molar-refractivity contribution in [2.24, 2.45) is 0 Å². The molecule has 0 radical (unpaired) electrons. The molecule has 9 heteroatoms. The standard InChI is InChI=1S/C22H23N3O5S/c1-14-11-16-12-15(9-10-18(16)25(14)31(3,29)30)19(26)13-24-20(27)22(2,23-21(24)28)17-7-5-4-6-8-17/h4-10,12,14H,11,13H2,1-3H3,(H,23,28). The topological polar surface area (TPSA) is 104 Å². The van der Waals surface area contributed by atoms with Gasteiger partial charge in [0, 0.05) is 11.6 Å². The van der Waals surface area contributed by atoms with Gasteiger partial charge < -0.3 is 5.32 Å². The van der Waals surface area contributed by atoms with Crippen molar-refractivity contribution < 1.29 is 22.8 Å². The summed E-state index contributed by atoms with van der Waals surface area (Å²) in [5.41, 5.74) is 1.03. The van der Waals surface area contributed by atoms with Gasteiger partial charge in [-0.15, -0.1) is 0 Å². The zero-order valence-corrected chi connectivity index (χ0v) is 18.3. The van der Waals surface area contributed by atoms with Gasteiger partial charge in [0.05, 0.1) is 18.5 Å². The number of anilines is 1. The van der Waals surface area contributed by atoms with Crippen molar-refractivity contribution in [3.63, 3.8) is 0 Å². The summed E-state index contributed by atoms with van der Waals surface area (Å²) in [5.74, 6) is -0.885. The predicted octanol–water partition coefficient (Wildman–Crippen LogP) is 2.05. The number of imide groups is 1. The summed E-state index contributed by atoms with van der Waals surface area (Å²) >= 11 is 0. The molecule has 31 heavy (non-hydrogen) atoms. The Labute approximate surface area is 180 Å². The Morgan fingerprint density at radius 3 is 2.48 bits per heavy atom. The Kier molecular flexibility index (Phi) is 4.88. The number of urea groups is 1. The lowest BCUT2D eigenvalue weighted by molar-refractivity contribution is -0.130. The molecule has 4 rings (SSSR count). The molecule has 162 valence electrons. The molecule has 2 unspecified atom stereocenters. The van der Waals surface area contributed by atoms with E-state index in [0.717, 1.165) is 16.7 Å². The van der Waals surface area contributed by atoms with Gasteiger partial charge in [-0.25, -0.2) is 13.2 Å². The number of hydrogen-bond acceptors (Lipinski definition) is 5. The van der Waals surface area contributed by atoms with Gasteiger partial charge in [0.15, 0.2) is 5.78 Å². The van der Waals surface area contributed by atoms with E-state index in [-0.39, 0.29) is 6.04 Å². The average Bonchev–Trinajstić information content (AvgIpc) is 3.16. The van der Waals surface area contributed by atoms with E-state index in [1.165, 1.54) is 10.4 Å². The number of benzene rings is 2. The fraction of sp³-hybridized carbons (Fsp3) is 0.318. The highest BCUT2D eigenvalue weighted by Gasteiger charge is 2.49. The highest BCUT2D eigenvalue weighted by molar-refractivity contribution is 7.92. The molecule has 0 spiro atoms. The molecule has 1 N–H and O–H groups in total. The van der Waals surface area contributed by atoms with E-state index in [1.807, 2.05) is 6.07 Å². The van der Waals surface area contributed by atoms with Gasteiger partial charge in [0.1, 0.15) is 5.54 Å². The minimum Gasteiger partial charge on any atom is -0.319 e. The molecule has 2 aromatic carbocycles. The maximum atomic E-state index is 13.0. The Balaban J connectivity index is 1.57. The fourth-order valence-electron chi connectivity index (χ4n) is 4.32. The van der Waals surface area contributed by atoms with Gasteiger partial charge >= 0.3 is 6.03 Å². The van der Waals surface area contributed by atoms with Crippen LogP contribution in [-0.2, 0) is 26.8 Å². The van der Waals surface area contributed by atoms with E-state index in [4.69, 9.17) is 0 Å². The quantitative estimate of drug-likeness (QED) is 0.565. The molecule has 0 aromatic heterocycles. The van der Waals surface area contributed by atoms with E-state index in [2.05, 4.69) is 5.32 Å². The minimum atomic E-state index is -3.43. The molecule has 1 fully saturated rings. The number of Topliss-reactive ketones (excluding diaryl/α,β-unsaturated/α-hetero) is 1. The molecular weight excluding hydrogens is 418 g/mol. The first kappa shape index (κ1) is 21.0. The molecule has 8 nitrogen and oxygen atoms in total. The van der Waals surface area contributed by atoms with Crippen LogP contribution >= 0.6 is 0 Å². The fourth-order valence-corrected chi connectivity index (χ4v) is 5.59. The van der Waals surface area contributed by atoms with Crippen molar-refractivity contribution >= 4 is 33.4 Å². The number of carbonyl (C=O) groups excluding carboxylic acids is 3. The third-order valence-corrected chi connectivity index (χ3v) is 7.11. The zero-order chi connectivity index (χ0) is 22.6. The third-order valence-electron chi connectivity index (χ3n) is 5.84. The first-order valence-corrected chi connectivity index (χ1v) is 11.7. The average molecular weight is 442 g/mol. The number of amides is 3. The van der Waals surface area contributed by atoms with Crippen LogP contribution in [0.3, 0.4) is 0 Å². The van der Waals surface area contributed by atoms with E-state index in [0.29, 0.717) is 23.2 Å². The van der Waals surface area contributed by atoms with Crippen molar-refractivity contribution in [1.29, 1.82) is 0 Å². The van der Waals surface area contributed by atoms with Gasteiger partial charge in [-0.2, -0.15) is 0 Å². The lowest BCUT2D eigenvalue weighted by atomic mass is 9.92. The second-order valence-corrected chi connectivity index (χ2v) is 10.1. The number of nitrogens with zero attached hydrogens (tertiary/aromatic N) is 2. The second-order valence-electron chi connectivity index (χ2n) is 8.19. The SMILES string of the molecule is CC1Cc2cc(C(=O)CN3C(=O)NC(C)(c4ccccc4)C3=O)ccc2N1S(C)(=O)=O. The minimum absolute atomic E-state index is 0.243. The van der Waals surface area contributed by atoms with Crippen LogP contribution in [0, 0.1) is 0 Å². The van der Waals surface area contributed by atoms with Crippen molar-refractivity contribution in [3.8, 4) is 0 Å². The van der Waals surface area contributed by atoms with Gasteiger partial charge in [-0.1, -0.05) is 30.3 Å². The first-order valence-electron chi connectivity index (χ1n) is 9.87. The number of rotatable bonds is 5. The van der Waals surface area contributed by atoms with Crippen LogP contribution < -0.4 is 9.62 Å². The Hall–Kier alpha value is -3.20. The second kappa shape index (κ2) is 7.19. The molecule has 2 aromatic rings. The van der Waals surface area contributed by atoms with Crippen LogP contribution in [0.5, 0.6) is 0 Å². The lowest BCUT2D eigenvalue weighted by Gasteiger charge is -2.22. The van der Waals surface area contributed by atoms with Gasteiger partial charge in [-0.3, -0.25) is 18.8 Å². The molecule has 2 aliphatic heterocycles. The van der Waals surface area contributed by atoms with Crippen LogP contribution in [0.4, 0.5) is 10.5 Å². The van der Waals surface area contributed by atoms with Crippen LogP contribution in [0.25, 0.3) is 0 Å². The molecule has 0 aliphatic carbocycles. The largest absolute Gasteiger partial charge is 0.325 e. The van der Waals surface area contributed by atoms with E-state index >= 15 is 0 Å². The number of sulfonamides is 1. The van der Waals surface area contributed by atoms with Crippen LogP contribution in [0.2, 0.25) is 0 Å². The molecule has 3 amide bonds. The third kappa shape index (κ3) is 3.48. The summed E-state index contributed by atoms with van der Waals surface area (Å²) in [6.07, 6.45) is 1.64. The Morgan fingerprint density at radius 2 is 1.84 bits per heavy atom. The Morgan fingerprint density at radius 1 is 1.16 bits per heavy atom. The molecular formula is C22H23N3O5S. The van der Waals surface area contributed by atoms with Crippen LogP contribution in [-0.4, -0.2) is 49.9 Å². The number of carbonyl (C=O) groups is 3. The highest BCUT2D eigenvalue weighted by Crippen LogP contribution is 2.35.